The van der Waals surface area contributed by atoms with Gasteiger partial charge in [-0.1, -0.05) is 0 Å². The van der Waals surface area contributed by atoms with Crippen LogP contribution in [0.15, 0.2) is 47.3 Å². The van der Waals surface area contributed by atoms with Gasteiger partial charge in [0.15, 0.2) is 11.4 Å². The molecule has 3 rings (SSSR count). The van der Waals surface area contributed by atoms with Crippen LogP contribution in [0.1, 0.15) is 0 Å². The maximum Gasteiger partial charge on any atom is 0.178 e. The zero-order valence-electron chi connectivity index (χ0n) is 7.79. The maximum atomic E-state index is 5.24. The molecule has 0 saturated carbocycles. The highest BCUT2D eigenvalue weighted by Gasteiger charge is 2.04. The van der Waals surface area contributed by atoms with Crippen molar-refractivity contribution in [2.45, 2.75) is 0 Å². The van der Waals surface area contributed by atoms with Crippen molar-refractivity contribution in [2.24, 2.45) is 0 Å². The highest BCUT2D eigenvalue weighted by atomic mass is 16.3. The third-order valence-electron chi connectivity index (χ3n) is 2.09. The molecule has 0 radical (unpaired) electrons. The van der Waals surface area contributed by atoms with Crippen molar-refractivity contribution in [2.75, 3.05) is 0 Å². The van der Waals surface area contributed by atoms with E-state index in [4.69, 9.17) is 4.42 Å². The molecule has 0 unspecified atom stereocenters. The zero-order chi connectivity index (χ0) is 10.1. The number of fused-ring (bicyclic) bond motifs is 1. The number of nitrogens with zero attached hydrogens (tertiary/aromatic N) is 3. The Morgan fingerprint density at radius 1 is 1.07 bits per heavy atom. The number of hydrogen-bond donors (Lipinski definition) is 0. The minimum atomic E-state index is 0.631. The Labute approximate surface area is 85.6 Å². The molecule has 0 aliphatic rings. The Morgan fingerprint density at radius 3 is 2.93 bits per heavy atom. The molecule has 0 aliphatic heterocycles. The minimum Gasteiger partial charge on any atom is -0.463 e. The summed E-state index contributed by atoms with van der Waals surface area (Å²) in [6.45, 7) is 0. The number of pyridine rings is 1. The summed E-state index contributed by atoms with van der Waals surface area (Å²) in [6.07, 6.45) is 4.99. The lowest BCUT2D eigenvalue weighted by Crippen LogP contribution is -1.89. The van der Waals surface area contributed by atoms with E-state index >= 15 is 0 Å². The van der Waals surface area contributed by atoms with Crippen molar-refractivity contribution in [3.63, 3.8) is 0 Å². The summed E-state index contributed by atoms with van der Waals surface area (Å²) in [4.78, 5) is 12.7. The first kappa shape index (κ1) is 8.11. The van der Waals surface area contributed by atoms with Gasteiger partial charge in [0.1, 0.15) is 11.2 Å². The van der Waals surface area contributed by atoms with E-state index in [9.17, 15) is 0 Å². The molecule has 3 heterocycles. The molecule has 0 bridgehead atoms. The van der Waals surface area contributed by atoms with Crippen LogP contribution in [0.3, 0.4) is 0 Å². The fourth-order valence-corrected chi connectivity index (χ4v) is 1.39. The first-order chi connectivity index (χ1) is 7.43. The van der Waals surface area contributed by atoms with E-state index in [-0.39, 0.29) is 0 Å². The molecule has 3 aromatic rings. The predicted molar refractivity (Wildman–Crippen MR) is 55.0 cm³/mol. The first-order valence-corrected chi connectivity index (χ1v) is 4.55. The lowest BCUT2D eigenvalue weighted by molar-refractivity contribution is 0.580. The summed E-state index contributed by atoms with van der Waals surface area (Å²) in [5.41, 5.74) is 2.12. The van der Waals surface area contributed by atoms with Crippen LogP contribution in [0.5, 0.6) is 0 Å². The van der Waals surface area contributed by atoms with Crippen LogP contribution in [0.4, 0.5) is 0 Å². The van der Waals surface area contributed by atoms with Gasteiger partial charge in [0.25, 0.3) is 0 Å². The van der Waals surface area contributed by atoms with E-state index in [1.165, 1.54) is 0 Å². The van der Waals surface area contributed by atoms with E-state index in [1.54, 1.807) is 18.7 Å². The fourth-order valence-electron chi connectivity index (χ4n) is 1.39. The average Bonchev–Trinajstić information content (AvgIpc) is 2.82. The number of hydrogen-bond acceptors (Lipinski definition) is 4. The molecule has 0 amide bonds. The van der Waals surface area contributed by atoms with E-state index in [2.05, 4.69) is 15.0 Å². The summed E-state index contributed by atoms with van der Waals surface area (Å²) in [7, 11) is 0. The second-order valence-corrected chi connectivity index (χ2v) is 3.08. The van der Waals surface area contributed by atoms with Gasteiger partial charge in [-0.15, -0.1) is 0 Å². The van der Waals surface area contributed by atoms with Crippen LogP contribution in [0.2, 0.25) is 0 Å². The van der Waals surface area contributed by atoms with Crippen LogP contribution < -0.4 is 0 Å². The highest BCUT2D eigenvalue weighted by Crippen LogP contribution is 2.17. The third kappa shape index (κ3) is 1.36. The SMILES string of the molecule is c1coc(-c2cnc3cccnc3n2)c1. The van der Waals surface area contributed by atoms with Gasteiger partial charge in [-0.3, -0.25) is 4.98 Å². The van der Waals surface area contributed by atoms with Crippen molar-refractivity contribution < 1.29 is 4.42 Å². The first-order valence-electron chi connectivity index (χ1n) is 4.55. The lowest BCUT2D eigenvalue weighted by Gasteiger charge is -1.97. The van der Waals surface area contributed by atoms with Gasteiger partial charge in [-0.25, -0.2) is 9.97 Å². The molecular formula is C11H7N3O. The molecule has 0 aliphatic carbocycles. The predicted octanol–water partition coefficient (Wildman–Crippen LogP) is 2.28. The lowest BCUT2D eigenvalue weighted by atomic mass is 10.3. The van der Waals surface area contributed by atoms with Gasteiger partial charge in [0, 0.05) is 6.20 Å². The molecule has 0 spiro atoms. The topological polar surface area (TPSA) is 51.8 Å². The van der Waals surface area contributed by atoms with E-state index in [0.29, 0.717) is 17.1 Å². The number of aromatic nitrogens is 3. The van der Waals surface area contributed by atoms with E-state index < -0.39 is 0 Å². The van der Waals surface area contributed by atoms with Crippen molar-refractivity contribution in [3.05, 3.63) is 42.9 Å². The number of rotatable bonds is 1. The summed E-state index contributed by atoms with van der Waals surface area (Å²) in [5.74, 6) is 0.704. The summed E-state index contributed by atoms with van der Waals surface area (Å²) in [5, 5.41) is 0. The molecule has 15 heavy (non-hydrogen) atoms. The molecule has 0 atom stereocenters. The monoisotopic (exact) mass is 197 g/mol. The van der Waals surface area contributed by atoms with Crippen molar-refractivity contribution in [1.82, 2.24) is 15.0 Å². The second-order valence-electron chi connectivity index (χ2n) is 3.08. The van der Waals surface area contributed by atoms with Crippen LogP contribution in [0, 0.1) is 0 Å². The van der Waals surface area contributed by atoms with Crippen molar-refractivity contribution in [3.8, 4) is 11.5 Å². The Bertz CT molecular complexity index is 590. The Balaban J connectivity index is 2.22. The quantitative estimate of drug-likeness (QED) is 0.600. The summed E-state index contributed by atoms with van der Waals surface area (Å²) < 4.78 is 5.24. The normalized spacial score (nSPS) is 10.7. The number of furan rings is 1. The van der Waals surface area contributed by atoms with E-state index in [0.717, 1.165) is 5.52 Å². The smallest absolute Gasteiger partial charge is 0.178 e. The fraction of sp³-hybridized carbons (Fsp3) is 0. The molecular weight excluding hydrogens is 190 g/mol. The highest BCUT2D eigenvalue weighted by molar-refractivity contribution is 5.71. The van der Waals surface area contributed by atoms with Gasteiger partial charge in [-0.2, -0.15) is 0 Å². The molecule has 72 valence electrons. The van der Waals surface area contributed by atoms with Gasteiger partial charge >= 0.3 is 0 Å². The molecule has 0 N–H and O–H groups in total. The standard InChI is InChI=1S/C11H7N3O/c1-3-8-11(12-5-1)14-9(7-13-8)10-4-2-6-15-10/h1-7H. The Morgan fingerprint density at radius 2 is 2.07 bits per heavy atom. The Kier molecular flexibility index (Phi) is 1.71. The van der Waals surface area contributed by atoms with Gasteiger partial charge in [-0.05, 0) is 24.3 Å². The molecule has 0 fully saturated rings. The van der Waals surface area contributed by atoms with Crippen molar-refractivity contribution in [1.29, 1.82) is 0 Å². The third-order valence-corrected chi connectivity index (χ3v) is 2.09. The van der Waals surface area contributed by atoms with Crippen LogP contribution in [0.25, 0.3) is 22.6 Å². The minimum absolute atomic E-state index is 0.631. The average molecular weight is 197 g/mol. The van der Waals surface area contributed by atoms with Gasteiger partial charge < -0.3 is 4.42 Å². The molecule has 4 heteroatoms. The van der Waals surface area contributed by atoms with Crippen molar-refractivity contribution >= 4 is 11.2 Å². The summed E-state index contributed by atoms with van der Waals surface area (Å²) in [6, 6.07) is 7.38. The largest absolute Gasteiger partial charge is 0.463 e. The zero-order valence-corrected chi connectivity index (χ0v) is 7.79. The van der Waals surface area contributed by atoms with Gasteiger partial charge in [0.05, 0.1) is 12.5 Å². The molecule has 4 nitrogen and oxygen atoms in total. The van der Waals surface area contributed by atoms with Crippen LogP contribution >= 0.6 is 0 Å². The molecule has 0 aromatic carbocycles. The van der Waals surface area contributed by atoms with Crippen LogP contribution in [-0.4, -0.2) is 15.0 Å². The van der Waals surface area contributed by atoms with E-state index in [1.807, 2.05) is 24.3 Å². The van der Waals surface area contributed by atoms with Gasteiger partial charge in [0.2, 0.25) is 0 Å². The maximum absolute atomic E-state index is 5.24. The van der Waals surface area contributed by atoms with Crippen LogP contribution in [-0.2, 0) is 0 Å². The Hall–Kier alpha value is -2.23. The second kappa shape index (κ2) is 3.16. The molecule has 0 saturated heterocycles. The molecule has 3 aromatic heterocycles. The summed E-state index contributed by atoms with van der Waals surface area (Å²) >= 11 is 0.